The lowest BCUT2D eigenvalue weighted by Crippen LogP contribution is -2.28. The summed E-state index contributed by atoms with van der Waals surface area (Å²) in [6.45, 7) is 3.77. The first-order chi connectivity index (χ1) is 15.9. The van der Waals surface area contributed by atoms with Crippen LogP contribution >= 0.6 is 11.6 Å². The lowest BCUT2D eigenvalue weighted by molar-refractivity contribution is -0.121. The summed E-state index contributed by atoms with van der Waals surface area (Å²) in [4.78, 5) is 30.5. The number of fused-ring (bicyclic) bond motifs is 1. The maximum absolute atomic E-state index is 13.4. The van der Waals surface area contributed by atoms with Crippen LogP contribution in [0.2, 0.25) is 5.02 Å². The monoisotopic (exact) mass is 461 g/mol. The highest BCUT2D eigenvalue weighted by atomic mass is 35.5. The Bertz CT molecular complexity index is 1310. The smallest absolute Gasteiger partial charge is 0.262 e. The second kappa shape index (κ2) is 9.46. The van der Waals surface area contributed by atoms with E-state index in [1.54, 1.807) is 48.3 Å². The number of carbonyl (C=O) groups excluding carboxylic acids is 2. The average Bonchev–Trinajstić information content (AvgIpc) is 3.10. The minimum absolute atomic E-state index is 0.126. The molecule has 0 aliphatic heterocycles. The van der Waals surface area contributed by atoms with E-state index in [0.29, 0.717) is 22.0 Å². The summed E-state index contributed by atoms with van der Waals surface area (Å²) in [6.07, 6.45) is 3.56. The molecule has 2 aromatic carbocycles. The quantitative estimate of drug-likeness (QED) is 0.432. The number of ether oxygens (including phenoxy) is 1. The number of methoxy groups -OCH3 is 1. The highest BCUT2D eigenvalue weighted by Crippen LogP contribution is 2.31. The van der Waals surface area contributed by atoms with E-state index >= 15 is 0 Å². The van der Waals surface area contributed by atoms with Gasteiger partial charge in [0.05, 0.1) is 25.1 Å². The van der Waals surface area contributed by atoms with Crippen LogP contribution in [-0.2, 0) is 11.2 Å². The van der Waals surface area contributed by atoms with Crippen LogP contribution in [0.3, 0.4) is 0 Å². The number of carbonyl (C=O) groups is 2. The predicted octanol–water partition coefficient (Wildman–Crippen LogP) is 5.12. The van der Waals surface area contributed by atoms with Crippen LogP contribution in [0.25, 0.3) is 10.9 Å². The molecule has 4 aromatic rings. The van der Waals surface area contributed by atoms with Crippen molar-refractivity contribution in [1.29, 1.82) is 0 Å². The average molecular weight is 462 g/mol. The number of rotatable bonds is 6. The number of nitrogens with one attached hydrogen (secondary N) is 1. The first kappa shape index (κ1) is 22.6. The summed E-state index contributed by atoms with van der Waals surface area (Å²) in [5, 5.41) is 4.39. The molecule has 168 valence electrons. The first-order valence-corrected chi connectivity index (χ1v) is 10.9. The zero-order chi connectivity index (χ0) is 23.5. The molecule has 0 saturated heterocycles. The molecule has 1 amide bonds. The molecule has 1 N–H and O–H groups in total. The Morgan fingerprint density at radius 2 is 1.91 bits per heavy atom. The molecule has 4 rings (SSSR count). The number of nitrogens with zero attached hydrogens (tertiary/aromatic N) is 2. The van der Waals surface area contributed by atoms with E-state index in [9.17, 15) is 9.59 Å². The molecule has 0 spiro atoms. The van der Waals surface area contributed by atoms with Gasteiger partial charge in [-0.15, -0.1) is 0 Å². The zero-order valence-corrected chi connectivity index (χ0v) is 19.4. The van der Waals surface area contributed by atoms with Crippen molar-refractivity contribution in [3.8, 4) is 5.75 Å². The molecule has 6 nitrogen and oxygen atoms in total. The van der Waals surface area contributed by atoms with Crippen molar-refractivity contribution in [3.63, 3.8) is 0 Å². The first-order valence-electron chi connectivity index (χ1n) is 10.6. The van der Waals surface area contributed by atoms with E-state index in [2.05, 4.69) is 10.3 Å². The fourth-order valence-electron chi connectivity index (χ4n) is 3.96. The number of amides is 1. The van der Waals surface area contributed by atoms with Gasteiger partial charge in [-0.3, -0.25) is 19.1 Å². The largest absolute Gasteiger partial charge is 0.497 e. The van der Waals surface area contributed by atoms with E-state index in [1.165, 1.54) is 0 Å². The van der Waals surface area contributed by atoms with Gasteiger partial charge in [0.15, 0.2) is 0 Å². The molecule has 33 heavy (non-hydrogen) atoms. The predicted molar refractivity (Wildman–Crippen MR) is 129 cm³/mol. The van der Waals surface area contributed by atoms with Crippen molar-refractivity contribution in [2.45, 2.75) is 26.3 Å². The van der Waals surface area contributed by atoms with Gasteiger partial charge < -0.3 is 10.1 Å². The van der Waals surface area contributed by atoms with Crippen molar-refractivity contribution >= 4 is 34.3 Å². The van der Waals surface area contributed by atoms with Crippen LogP contribution in [0.15, 0.2) is 67.0 Å². The summed E-state index contributed by atoms with van der Waals surface area (Å²) in [5.74, 6) is 0.328. The van der Waals surface area contributed by atoms with Crippen molar-refractivity contribution in [2.24, 2.45) is 0 Å². The minimum Gasteiger partial charge on any atom is -0.497 e. The maximum atomic E-state index is 13.4. The molecule has 0 radical (unpaired) electrons. The number of benzene rings is 2. The lowest BCUT2D eigenvalue weighted by atomic mass is 10.1. The summed E-state index contributed by atoms with van der Waals surface area (Å²) in [7, 11) is 1.59. The molecule has 0 aliphatic rings. The van der Waals surface area contributed by atoms with E-state index in [0.717, 1.165) is 22.0 Å². The number of halogens is 1. The second-order valence-corrected chi connectivity index (χ2v) is 8.28. The third kappa shape index (κ3) is 4.61. The van der Waals surface area contributed by atoms with E-state index in [-0.39, 0.29) is 24.3 Å². The van der Waals surface area contributed by atoms with Crippen LogP contribution in [0.4, 0.5) is 0 Å². The van der Waals surface area contributed by atoms with Crippen LogP contribution in [0.5, 0.6) is 5.75 Å². The van der Waals surface area contributed by atoms with Gasteiger partial charge in [0.1, 0.15) is 5.75 Å². The second-order valence-electron chi connectivity index (χ2n) is 7.85. The van der Waals surface area contributed by atoms with Gasteiger partial charge >= 0.3 is 0 Å². The van der Waals surface area contributed by atoms with Crippen molar-refractivity contribution in [1.82, 2.24) is 14.9 Å². The van der Waals surface area contributed by atoms with Crippen molar-refractivity contribution in [3.05, 3.63) is 94.4 Å². The normalized spacial score (nSPS) is 11.9. The molecule has 2 heterocycles. The van der Waals surface area contributed by atoms with Gasteiger partial charge in [-0.05, 0) is 73.5 Å². The molecular weight excluding hydrogens is 438 g/mol. The fraction of sp³-hybridized carbons (Fsp3) is 0.192. The van der Waals surface area contributed by atoms with Gasteiger partial charge in [0.2, 0.25) is 5.91 Å². The molecule has 1 unspecified atom stereocenters. The molecule has 0 saturated carbocycles. The minimum atomic E-state index is -0.190. The molecule has 0 bridgehead atoms. The number of hydrogen-bond donors (Lipinski definition) is 1. The number of aromatic nitrogens is 2. The zero-order valence-electron chi connectivity index (χ0n) is 18.6. The summed E-state index contributed by atoms with van der Waals surface area (Å²) in [5.41, 5.74) is 3.64. The Hall–Kier alpha value is -3.64. The van der Waals surface area contributed by atoms with Crippen molar-refractivity contribution < 1.29 is 14.3 Å². The highest BCUT2D eigenvalue weighted by molar-refractivity contribution is 6.30. The SMILES string of the molecule is COc1ccc2c(c1)c(CC(=O)NC(C)c1cccnc1)c(C)n2C(=O)c1ccc(Cl)cc1. The molecular formula is C26H24ClN3O3. The van der Waals surface area contributed by atoms with Crippen LogP contribution < -0.4 is 10.1 Å². The standard InChI is InChI=1S/C26H24ClN3O3/c1-16(19-5-4-12-28-15-19)29-25(31)14-22-17(2)30(24-11-10-21(33-3)13-23(22)24)26(32)18-6-8-20(27)9-7-18/h4-13,15-16H,14H2,1-3H3,(H,29,31). The molecule has 1 atom stereocenters. The Labute approximate surface area is 197 Å². The van der Waals surface area contributed by atoms with Gasteiger partial charge in [-0.2, -0.15) is 0 Å². The summed E-state index contributed by atoms with van der Waals surface area (Å²) in [6, 6.07) is 15.8. The summed E-state index contributed by atoms with van der Waals surface area (Å²) >= 11 is 5.99. The number of hydrogen-bond acceptors (Lipinski definition) is 4. The molecule has 0 aliphatic carbocycles. The van der Waals surface area contributed by atoms with Crippen LogP contribution in [0, 0.1) is 6.92 Å². The van der Waals surface area contributed by atoms with Crippen LogP contribution in [0.1, 0.15) is 40.1 Å². The Balaban J connectivity index is 1.71. The fourth-order valence-corrected chi connectivity index (χ4v) is 4.09. The Morgan fingerprint density at radius 3 is 2.58 bits per heavy atom. The Morgan fingerprint density at radius 1 is 1.15 bits per heavy atom. The van der Waals surface area contributed by atoms with E-state index in [1.807, 2.05) is 44.2 Å². The topological polar surface area (TPSA) is 73.2 Å². The molecule has 2 aromatic heterocycles. The maximum Gasteiger partial charge on any atom is 0.262 e. The van der Waals surface area contributed by atoms with Gasteiger partial charge in [0, 0.05) is 34.1 Å². The number of pyridine rings is 1. The molecule has 7 heteroatoms. The summed E-state index contributed by atoms with van der Waals surface area (Å²) < 4.78 is 7.04. The third-order valence-corrected chi connectivity index (χ3v) is 5.99. The third-order valence-electron chi connectivity index (χ3n) is 5.74. The van der Waals surface area contributed by atoms with Crippen molar-refractivity contribution in [2.75, 3.05) is 7.11 Å². The Kier molecular flexibility index (Phi) is 6.47. The van der Waals surface area contributed by atoms with Gasteiger partial charge in [0.25, 0.3) is 5.91 Å². The van der Waals surface area contributed by atoms with Gasteiger partial charge in [-0.1, -0.05) is 17.7 Å². The van der Waals surface area contributed by atoms with Gasteiger partial charge in [-0.25, -0.2) is 0 Å². The lowest BCUT2D eigenvalue weighted by Gasteiger charge is -2.14. The molecule has 0 fully saturated rings. The van der Waals surface area contributed by atoms with Crippen LogP contribution in [-0.4, -0.2) is 28.5 Å². The highest BCUT2D eigenvalue weighted by Gasteiger charge is 2.22. The van der Waals surface area contributed by atoms with E-state index in [4.69, 9.17) is 16.3 Å². The van der Waals surface area contributed by atoms with E-state index < -0.39 is 0 Å².